The number of hydrogen-bond acceptors (Lipinski definition) is 4. The molecule has 1 saturated carbocycles. The standard InChI is InChI=1S/C22H29N5O2/c28-21(25-18-7-9-19(10-8-18)27-13-4-11-24-27)15-20-22(29)23-12-14-26(20)16-17-5-2-1-3-6-17/h1-6,11,13,18-20H,7-10,12,14-16H2,(H,23,29)(H,25,28). The van der Waals surface area contributed by atoms with Crippen molar-refractivity contribution in [2.24, 2.45) is 0 Å². The van der Waals surface area contributed by atoms with E-state index in [2.05, 4.69) is 32.8 Å². The maximum Gasteiger partial charge on any atom is 0.237 e. The largest absolute Gasteiger partial charge is 0.353 e. The van der Waals surface area contributed by atoms with Gasteiger partial charge in [0.25, 0.3) is 0 Å². The van der Waals surface area contributed by atoms with Crippen molar-refractivity contribution in [1.29, 1.82) is 0 Å². The van der Waals surface area contributed by atoms with Crippen molar-refractivity contribution in [1.82, 2.24) is 25.3 Å². The smallest absolute Gasteiger partial charge is 0.237 e. The van der Waals surface area contributed by atoms with Crippen molar-refractivity contribution in [3.05, 3.63) is 54.4 Å². The van der Waals surface area contributed by atoms with Gasteiger partial charge in [-0.2, -0.15) is 5.10 Å². The predicted octanol–water partition coefficient (Wildman–Crippen LogP) is 1.87. The minimum absolute atomic E-state index is 0.0346. The van der Waals surface area contributed by atoms with E-state index in [-0.39, 0.29) is 24.3 Å². The van der Waals surface area contributed by atoms with E-state index >= 15 is 0 Å². The Hall–Kier alpha value is -2.67. The lowest BCUT2D eigenvalue weighted by Crippen LogP contribution is -2.56. The van der Waals surface area contributed by atoms with Gasteiger partial charge in [0.15, 0.2) is 0 Å². The van der Waals surface area contributed by atoms with E-state index in [0.717, 1.165) is 37.8 Å². The summed E-state index contributed by atoms with van der Waals surface area (Å²) in [5, 5.41) is 10.4. The second kappa shape index (κ2) is 9.22. The Balaban J connectivity index is 1.29. The van der Waals surface area contributed by atoms with Gasteiger partial charge in [0.1, 0.15) is 0 Å². The second-order valence-corrected chi connectivity index (χ2v) is 8.03. The lowest BCUT2D eigenvalue weighted by molar-refractivity contribution is -0.134. The third-order valence-electron chi connectivity index (χ3n) is 6.01. The van der Waals surface area contributed by atoms with Gasteiger partial charge in [-0.15, -0.1) is 0 Å². The van der Waals surface area contributed by atoms with Crippen LogP contribution >= 0.6 is 0 Å². The van der Waals surface area contributed by atoms with Gasteiger partial charge in [-0.1, -0.05) is 30.3 Å². The summed E-state index contributed by atoms with van der Waals surface area (Å²) in [4.78, 5) is 27.3. The highest BCUT2D eigenvalue weighted by Crippen LogP contribution is 2.28. The molecule has 1 aliphatic heterocycles. The molecule has 4 rings (SSSR count). The SMILES string of the molecule is O=C(CC1C(=O)NCCN1Cc1ccccc1)NC1CCC(n2cccn2)CC1. The van der Waals surface area contributed by atoms with Crippen molar-refractivity contribution in [2.45, 2.75) is 56.8 Å². The fourth-order valence-electron chi connectivity index (χ4n) is 4.43. The number of amides is 2. The van der Waals surface area contributed by atoms with E-state index in [1.54, 1.807) is 0 Å². The molecule has 154 valence electrons. The average molecular weight is 396 g/mol. The zero-order chi connectivity index (χ0) is 20.1. The van der Waals surface area contributed by atoms with Crippen molar-refractivity contribution in [3.8, 4) is 0 Å². The molecule has 0 bridgehead atoms. The van der Waals surface area contributed by atoms with Gasteiger partial charge >= 0.3 is 0 Å². The number of nitrogens with one attached hydrogen (secondary N) is 2. The third-order valence-corrected chi connectivity index (χ3v) is 6.01. The van der Waals surface area contributed by atoms with Gasteiger partial charge in [0.2, 0.25) is 11.8 Å². The first-order chi connectivity index (χ1) is 14.2. The van der Waals surface area contributed by atoms with Crippen LogP contribution in [0.4, 0.5) is 0 Å². The van der Waals surface area contributed by atoms with Gasteiger partial charge in [0, 0.05) is 38.1 Å². The van der Waals surface area contributed by atoms with Crippen LogP contribution in [0.25, 0.3) is 0 Å². The summed E-state index contributed by atoms with van der Waals surface area (Å²) < 4.78 is 2.02. The molecule has 2 amide bonds. The Morgan fingerprint density at radius 2 is 1.93 bits per heavy atom. The zero-order valence-electron chi connectivity index (χ0n) is 16.7. The number of aromatic nitrogens is 2. The normalized spacial score (nSPS) is 25.4. The van der Waals surface area contributed by atoms with Crippen LogP contribution < -0.4 is 10.6 Å². The number of piperazine rings is 1. The Bertz CT molecular complexity index is 800. The van der Waals surface area contributed by atoms with Gasteiger partial charge in [-0.05, 0) is 37.3 Å². The Morgan fingerprint density at radius 1 is 1.14 bits per heavy atom. The summed E-state index contributed by atoms with van der Waals surface area (Å²) in [7, 11) is 0. The Labute approximate surface area is 171 Å². The molecule has 2 N–H and O–H groups in total. The monoisotopic (exact) mass is 395 g/mol. The molecule has 1 unspecified atom stereocenters. The molecule has 0 spiro atoms. The zero-order valence-corrected chi connectivity index (χ0v) is 16.7. The Morgan fingerprint density at radius 3 is 2.66 bits per heavy atom. The maximum atomic E-state index is 12.7. The summed E-state index contributed by atoms with van der Waals surface area (Å²) in [6, 6.07) is 12.2. The van der Waals surface area contributed by atoms with Crippen LogP contribution in [-0.2, 0) is 16.1 Å². The highest BCUT2D eigenvalue weighted by atomic mass is 16.2. The topological polar surface area (TPSA) is 79.3 Å². The third kappa shape index (κ3) is 5.03. The minimum atomic E-state index is -0.413. The van der Waals surface area contributed by atoms with Gasteiger partial charge < -0.3 is 10.6 Å². The number of carbonyl (C=O) groups is 2. The van der Waals surface area contributed by atoms with Crippen LogP contribution in [0.1, 0.15) is 43.7 Å². The lowest BCUT2D eigenvalue weighted by Gasteiger charge is -2.35. The van der Waals surface area contributed by atoms with E-state index in [0.29, 0.717) is 19.1 Å². The van der Waals surface area contributed by atoms with E-state index in [1.165, 1.54) is 0 Å². The lowest BCUT2D eigenvalue weighted by atomic mass is 9.91. The highest BCUT2D eigenvalue weighted by Gasteiger charge is 2.32. The van der Waals surface area contributed by atoms with Crippen molar-refractivity contribution in [2.75, 3.05) is 13.1 Å². The van der Waals surface area contributed by atoms with E-state index in [9.17, 15) is 9.59 Å². The summed E-state index contributed by atoms with van der Waals surface area (Å²) in [5.41, 5.74) is 1.16. The number of carbonyl (C=O) groups excluding carboxylic acids is 2. The first-order valence-electron chi connectivity index (χ1n) is 10.5. The quantitative estimate of drug-likeness (QED) is 0.783. The number of rotatable bonds is 6. The first-order valence-corrected chi connectivity index (χ1v) is 10.5. The van der Waals surface area contributed by atoms with E-state index in [1.807, 2.05) is 41.3 Å². The molecule has 1 atom stereocenters. The summed E-state index contributed by atoms with van der Waals surface area (Å²) in [6.45, 7) is 2.07. The van der Waals surface area contributed by atoms with Crippen molar-refractivity contribution < 1.29 is 9.59 Å². The molecule has 2 fully saturated rings. The van der Waals surface area contributed by atoms with Crippen LogP contribution in [0.3, 0.4) is 0 Å². The number of nitrogens with zero attached hydrogens (tertiary/aromatic N) is 3. The molecule has 2 heterocycles. The number of benzene rings is 1. The molecular weight excluding hydrogens is 366 g/mol. The van der Waals surface area contributed by atoms with Crippen LogP contribution in [0.5, 0.6) is 0 Å². The molecule has 7 nitrogen and oxygen atoms in total. The van der Waals surface area contributed by atoms with Crippen molar-refractivity contribution in [3.63, 3.8) is 0 Å². The van der Waals surface area contributed by atoms with Gasteiger partial charge in [-0.3, -0.25) is 19.2 Å². The van der Waals surface area contributed by atoms with Gasteiger partial charge in [0.05, 0.1) is 18.5 Å². The van der Waals surface area contributed by atoms with Crippen LogP contribution in [0, 0.1) is 0 Å². The molecule has 1 aliphatic carbocycles. The summed E-state index contributed by atoms with van der Waals surface area (Å²) in [6.07, 6.45) is 7.93. The fourth-order valence-corrected chi connectivity index (χ4v) is 4.43. The van der Waals surface area contributed by atoms with E-state index < -0.39 is 6.04 Å². The second-order valence-electron chi connectivity index (χ2n) is 8.03. The van der Waals surface area contributed by atoms with Crippen LogP contribution in [-0.4, -0.2) is 51.7 Å². The summed E-state index contributed by atoms with van der Waals surface area (Å²) >= 11 is 0. The summed E-state index contributed by atoms with van der Waals surface area (Å²) in [5.74, 6) is -0.0858. The molecule has 2 aliphatic rings. The predicted molar refractivity (Wildman–Crippen MR) is 110 cm³/mol. The highest BCUT2D eigenvalue weighted by molar-refractivity contribution is 5.88. The van der Waals surface area contributed by atoms with Crippen molar-refractivity contribution >= 4 is 11.8 Å². The molecule has 1 aromatic carbocycles. The molecule has 2 aromatic rings. The molecule has 0 radical (unpaired) electrons. The molecular formula is C22H29N5O2. The van der Waals surface area contributed by atoms with Gasteiger partial charge in [-0.25, -0.2) is 0 Å². The van der Waals surface area contributed by atoms with Crippen LogP contribution in [0.2, 0.25) is 0 Å². The fraction of sp³-hybridized carbons (Fsp3) is 0.500. The molecule has 1 aromatic heterocycles. The number of hydrogen-bond donors (Lipinski definition) is 2. The van der Waals surface area contributed by atoms with Crippen LogP contribution in [0.15, 0.2) is 48.8 Å². The van der Waals surface area contributed by atoms with E-state index in [4.69, 9.17) is 0 Å². The minimum Gasteiger partial charge on any atom is -0.353 e. The maximum absolute atomic E-state index is 12.7. The molecule has 7 heteroatoms. The average Bonchev–Trinajstić information content (AvgIpc) is 3.27. The Kier molecular flexibility index (Phi) is 6.24. The molecule has 29 heavy (non-hydrogen) atoms. The molecule has 1 saturated heterocycles. The first kappa shape index (κ1) is 19.6.